The van der Waals surface area contributed by atoms with E-state index in [-0.39, 0.29) is 27.6 Å². The summed E-state index contributed by atoms with van der Waals surface area (Å²) in [5.41, 5.74) is 1.76. The standard InChI is InChI=1S/C22H22ClN3O4S/c1-15-3-5-17(6-4-15)20-24-21(31(28,29)19-9-7-18(23)8-10-19)22(30-20)26-13-11-25(12-14-26)16(2)27/h3-10H,11-14H2,1-2H3. The molecular formula is C22H22ClN3O4S. The molecule has 7 nitrogen and oxygen atoms in total. The van der Waals surface area contributed by atoms with Crippen LogP contribution in [0.15, 0.2) is 62.9 Å². The third-order valence-corrected chi connectivity index (χ3v) is 7.19. The summed E-state index contributed by atoms with van der Waals surface area (Å²) in [5.74, 6) is 0.414. The number of nitrogens with zero attached hydrogens (tertiary/aromatic N) is 3. The minimum absolute atomic E-state index is 0.00780. The summed E-state index contributed by atoms with van der Waals surface area (Å²) in [6, 6.07) is 13.5. The third-order valence-electron chi connectivity index (χ3n) is 5.27. The molecule has 0 bridgehead atoms. The van der Waals surface area contributed by atoms with Gasteiger partial charge >= 0.3 is 0 Å². The Kier molecular flexibility index (Phi) is 5.77. The lowest BCUT2D eigenvalue weighted by Crippen LogP contribution is -2.48. The van der Waals surface area contributed by atoms with Gasteiger partial charge in [0.15, 0.2) is 0 Å². The molecule has 1 aromatic heterocycles. The maximum atomic E-state index is 13.4. The molecule has 1 fully saturated rings. The average Bonchev–Trinajstić information content (AvgIpc) is 3.21. The predicted molar refractivity (Wildman–Crippen MR) is 118 cm³/mol. The van der Waals surface area contributed by atoms with Gasteiger partial charge in [-0.1, -0.05) is 29.3 Å². The first-order valence-corrected chi connectivity index (χ1v) is 11.7. The summed E-state index contributed by atoms with van der Waals surface area (Å²) in [6.07, 6.45) is 0. The van der Waals surface area contributed by atoms with Crippen LogP contribution in [0.1, 0.15) is 12.5 Å². The first kappa shape index (κ1) is 21.4. The number of aryl methyl sites for hydroxylation is 1. The first-order chi connectivity index (χ1) is 14.8. The Labute approximate surface area is 186 Å². The molecule has 0 N–H and O–H groups in total. The van der Waals surface area contributed by atoms with Gasteiger partial charge in [-0.3, -0.25) is 4.79 Å². The SMILES string of the molecule is CC(=O)N1CCN(c2oc(-c3ccc(C)cc3)nc2S(=O)(=O)c2ccc(Cl)cc2)CC1. The second kappa shape index (κ2) is 8.36. The van der Waals surface area contributed by atoms with Crippen LogP contribution >= 0.6 is 11.6 Å². The third kappa shape index (κ3) is 4.31. The Morgan fingerprint density at radius 1 is 1.00 bits per heavy atom. The number of rotatable bonds is 4. The lowest BCUT2D eigenvalue weighted by atomic mass is 10.1. The van der Waals surface area contributed by atoms with Gasteiger partial charge in [0.25, 0.3) is 0 Å². The molecule has 1 aliphatic heterocycles. The molecule has 31 heavy (non-hydrogen) atoms. The first-order valence-electron chi connectivity index (χ1n) is 9.85. The molecule has 4 rings (SSSR count). The van der Waals surface area contributed by atoms with Crippen molar-refractivity contribution in [3.05, 3.63) is 59.1 Å². The van der Waals surface area contributed by atoms with Crippen LogP contribution in [0.3, 0.4) is 0 Å². The molecule has 0 aliphatic carbocycles. The molecule has 0 radical (unpaired) electrons. The highest BCUT2D eigenvalue weighted by molar-refractivity contribution is 7.91. The van der Waals surface area contributed by atoms with Gasteiger partial charge in [-0.2, -0.15) is 4.98 Å². The summed E-state index contributed by atoms with van der Waals surface area (Å²) in [5, 5.41) is 0.307. The van der Waals surface area contributed by atoms with Crippen LogP contribution in [0.25, 0.3) is 11.5 Å². The van der Waals surface area contributed by atoms with Gasteiger partial charge in [-0.05, 0) is 43.3 Å². The molecular weight excluding hydrogens is 438 g/mol. The minimum Gasteiger partial charge on any atom is -0.419 e. The normalized spacial score (nSPS) is 14.7. The van der Waals surface area contributed by atoms with Crippen molar-refractivity contribution in [3.8, 4) is 11.5 Å². The van der Waals surface area contributed by atoms with Gasteiger partial charge < -0.3 is 14.2 Å². The van der Waals surface area contributed by atoms with Crippen LogP contribution < -0.4 is 4.90 Å². The molecule has 9 heteroatoms. The number of anilines is 1. The zero-order chi connectivity index (χ0) is 22.2. The molecule has 2 heterocycles. The second-order valence-electron chi connectivity index (χ2n) is 7.45. The molecule has 0 atom stereocenters. The summed E-state index contributed by atoms with van der Waals surface area (Å²) in [7, 11) is -3.95. The lowest BCUT2D eigenvalue weighted by molar-refractivity contribution is -0.129. The maximum absolute atomic E-state index is 13.4. The molecule has 0 spiro atoms. The van der Waals surface area contributed by atoms with E-state index in [9.17, 15) is 13.2 Å². The Balaban J connectivity index is 1.78. The minimum atomic E-state index is -3.95. The number of benzene rings is 2. The van der Waals surface area contributed by atoms with Crippen LogP contribution in [-0.4, -0.2) is 50.4 Å². The van der Waals surface area contributed by atoms with Crippen LogP contribution in [0.2, 0.25) is 5.02 Å². The Morgan fingerprint density at radius 2 is 1.61 bits per heavy atom. The Bertz CT molecular complexity index is 1200. The number of sulfone groups is 1. The molecule has 1 amide bonds. The van der Waals surface area contributed by atoms with E-state index in [2.05, 4.69) is 4.98 Å². The molecule has 1 aliphatic rings. The molecule has 0 saturated carbocycles. The zero-order valence-corrected chi connectivity index (χ0v) is 18.8. The number of hydrogen-bond acceptors (Lipinski definition) is 6. The van der Waals surface area contributed by atoms with E-state index in [1.807, 2.05) is 36.1 Å². The van der Waals surface area contributed by atoms with Crippen LogP contribution in [0, 0.1) is 6.92 Å². The van der Waals surface area contributed by atoms with Gasteiger partial charge in [0.1, 0.15) is 0 Å². The van der Waals surface area contributed by atoms with Gasteiger partial charge in [-0.25, -0.2) is 8.42 Å². The molecule has 162 valence electrons. The quantitative estimate of drug-likeness (QED) is 0.590. The number of carbonyl (C=O) groups excluding carboxylic acids is 1. The summed E-state index contributed by atoms with van der Waals surface area (Å²) < 4.78 is 32.9. The van der Waals surface area contributed by atoms with Gasteiger partial charge in [0.2, 0.25) is 32.5 Å². The predicted octanol–water partition coefficient (Wildman–Crippen LogP) is 3.80. The van der Waals surface area contributed by atoms with Crippen LogP contribution in [0.4, 0.5) is 5.88 Å². The number of piperazine rings is 1. The van der Waals surface area contributed by atoms with E-state index in [1.54, 1.807) is 4.90 Å². The number of oxazole rings is 1. The summed E-state index contributed by atoms with van der Waals surface area (Å²) >= 11 is 5.93. The fourth-order valence-corrected chi connectivity index (χ4v) is 4.89. The smallest absolute Gasteiger partial charge is 0.236 e. The number of hydrogen-bond donors (Lipinski definition) is 0. The molecule has 2 aromatic carbocycles. The van der Waals surface area contributed by atoms with Crippen molar-refractivity contribution in [3.63, 3.8) is 0 Å². The van der Waals surface area contributed by atoms with E-state index in [0.29, 0.717) is 36.8 Å². The average molecular weight is 460 g/mol. The zero-order valence-electron chi connectivity index (χ0n) is 17.2. The number of aromatic nitrogens is 1. The highest BCUT2D eigenvalue weighted by atomic mass is 35.5. The van der Waals surface area contributed by atoms with Crippen molar-refractivity contribution in [2.24, 2.45) is 0 Å². The molecule has 3 aromatic rings. The second-order valence-corrected chi connectivity index (χ2v) is 9.75. The summed E-state index contributed by atoms with van der Waals surface area (Å²) in [6.45, 7) is 5.36. The van der Waals surface area contributed by atoms with Crippen molar-refractivity contribution in [2.75, 3.05) is 31.1 Å². The number of halogens is 1. The fourth-order valence-electron chi connectivity index (χ4n) is 3.44. The monoisotopic (exact) mass is 459 g/mol. The van der Waals surface area contributed by atoms with Gasteiger partial charge in [0.05, 0.1) is 4.90 Å². The number of amides is 1. The fraction of sp³-hybridized carbons (Fsp3) is 0.273. The van der Waals surface area contributed by atoms with Crippen molar-refractivity contribution in [2.45, 2.75) is 23.8 Å². The van der Waals surface area contributed by atoms with E-state index in [1.165, 1.54) is 31.2 Å². The van der Waals surface area contributed by atoms with E-state index in [4.69, 9.17) is 16.0 Å². The highest BCUT2D eigenvalue weighted by Crippen LogP contribution is 2.35. The van der Waals surface area contributed by atoms with Crippen molar-refractivity contribution in [1.82, 2.24) is 9.88 Å². The van der Waals surface area contributed by atoms with E-state index >= 15 is 0 Å². The number of carbonyl (C=O) groups is 1. The van der Waals surface area contributed by atoms with Crippen molar-refractivity contribution < 1.29 is 17.6 Å². The van der Waals surface area contributed by atoms with Crippen molar-refractivity contribution >= 4 is 33.2 Å². The van der Waals surface area contributed by atoms with Crippen LogP contribution in [-0.2, 0) is 14.6 Å². The molecule has 1 saturated heterocycles. The van der Waals surface area contributed by atoms with Gasteiger partial charge in [0, 0.05) is 43.7 Å². The Hall–Kier alpha value is -2.84. The van der Waals surface area contributed by atoms with Gasteiger partial charge in [-0.15, -0.1) is 0 Å². The van der Waals surface area contributed by atoms with E-state index < -0.39 is 9.84 Å². The maximum Gasteiger partial charge on any atom is 0.236 e. The molecule has 0 unspecified atom stereocenters. The lowest BCUT2D eigenvalue weighted by Gasteiger charge is -2.34. The topological polar surface area (TPSA) is 83.7 Å². The summed E-state index contributed by atoms with van der Waals surface area (Å²) in [4.78, 5) is 19.7. The van der Waals surface area contributed by atoms with E-state index in [0.717, 1.165) is 5.56 Å². The van der Waals surface area contributed by atoms with Crippen molar-refractivity contribution in [1.29, 1.82) is 0 Å². The Morgan fingerprint density at radius 3 is 2.19 bits per heavy atom. The largest absolute Gasteiger partial charge is 0.419 e. The highest BCUT2D eigenvalue weighted by Gasteiger charge is 2.33. The van der Waals surface area contributed by atoms with Crippen LogP contribution in [0.5, 0.6) is 0 Å².